The molecule has 1 amide bonds. The zero-order valence-corrected chi connectivity index (χ0v) is 19.7. The highest BCUT2D eigenvalue weighted by atomic mass is 16.5. The van der Waals surface area contributed by atoms with Crippen LogP contribution in [0.2, 0.25) is 0 Å². The number of carbonyl (C=O) groups is 1. The van der Waals surface area contributed by atoms with Crippen molar-refractivity contribution in [2.24, 2.45) is 0 Å². The molecule has 0 saturated heterocycles. The number of amides is 1. The molecule has 0 aliphatic heterocycles. The number of para-hydroxylation sites is 2. The van der Waals surface area contributed by atoms with E-state index < -0.39 is 0 Å². The Kier molecular flexibility index (Phi) is 7.91. The average molecular weight is 470 g/mol. The lowest BCUT2D eigenvalue weighted by Crippen LogP contribution is -2.22. The molecule has 1 aromatic heterocycles. The van der Waals surface area contributed by atoms with Crippen molar-refractivity contribution in [2.75, 3.05) is 13.7 Å². The molecule has 4 rings (SSSR count). The largest absolute Gasteiger partial charge is 0.494 e. The molecule has 1 N–H and O–H groups in total. The highest BCUT2D eigenvalue weighted by Crippen LogP contribution is 2.30. The lowest BCUT2D eigenvalue weighted by Gasteiger charge is -2.10. The quantitative estimate of drug-likeness (QED) is 0.323. The second kappa shape index (κ2) is 11.7. The molecular formula is C28H27N3O4. The second-order valence-electron chi connectivity index (χ2n) is 7.73. The summed E-state index contributed by atoms with van der Waals surface area (Å²) in [4.78, 5) is 21.6. The van der Waals surface area contributed by atoms with Gasteiger partial charge < -0.3 is 19.5 Å². The number of hydrogen-bond acceptors (Lipinski definition) is 6. The van der Waals surface area contributed by atoms with Crippen LogP contribution in [-0.2, 0) is 6.54 Å². The Bertz CT molecular complexity index is 1280. The van der Waals surface area contributed by atoms with E-state index in [0.29, 0.717) is 47.5 Å². The minimum absolute atomic E-state index is 0.181. The van der Waals surface area contributed by atoms with Gasteiger partial charge in [-0.3, -0.25) is 4.79 Å². The number of nitrogens with one attached hydrogen (secondary N) is 1. The summed E-state index contributed by atoms with van der Waals surface area (Å²) in [5.41, 5.74) is 2.22. The first-order valence-electron chi connectivity index (χ1n) is 11.4. The third-order valence-electron chi connectivity index (χ3n) is 5.15. The lowest BCUT2D eigenvalue weighted by molar-refractivity contribution is 0.0951. The highest BCUT2D eigenvalue weighted by molar-refractivity contribution is 5.95. The van der Waals surface area contributed by atoms with Crippen LogP contribution in [0, 0.1) is 0 Å². The minimum Gasteiger partial charge on any atom is -0.494 e. The number of nitrogens with zero attached hydrogens (tertiary/aromatic N) is 2. The molecule has 3 aromatic carbocycles. The summed E-state index contributed by atoms with van der Waals surface area (Å²) in [6, 6.07) is 23.9. The van der Waals surface area contributed by atoms with Crippen molar-refractivity contribution >= 4 is 5.91 Å². The summed E-state index contributed by atoms with van der Waals surface area (Å²) in [6.07, 6.45) is 2.58. The molecule has 0 bridgehead atoms. The molecule has 0 fully saturated rings. The van der Waals surface area contributed by atoms with E-state index >= 15 is 0 Å². The Hall–Kier alpha value is -4.39. The van der Waals surface area contributed by atoms with Crippen LogP contribution in [-0.4, -0.2) is 29.6 Å². The van der Waals surface area contributed by atoms with Crippen LogP contribution in [0.1, 0.15) is 29.3 Å². The Morgan fingerprint density at radius 2 is 1.74 bits per heavy atom. The third-order valence-corrected chi connectivity index (χ3v) is 5.15. The Morgan fingerprint density at radius 3 is 2.51 bits per heavy atom. The van der Waals surface area contributed by atoms with Gasteiger partial charge >= 0.3 is 0 Å². The monoisotopic (exact) mass is 469 g/mol. The molecule has 35 heavy (non-hydrogen) atoms. The summed E-state index contributed by atoms with van der Waals surface area (Å²) in [6.45, 7) is 3.17. The van der Waals surface area contributed by atoms with Crippen molar-refractivity contribution in [3.63, 3.8) is 0 Å². The zero-order chi connectivity index (χ0) is 24.5. The first-order valence-corrected chi connectivity index (χ1v) is 11.4. The van der Waals surface area contributed by atoms with Gasteiger partial charge in [-0.2, -0.15) is 4.98 Å². The van der Waals surface area contributed by atoms with Crippen LogP contribution in [0.25, 0.3) is 11.4 Å². The Balaban J connectivity index is 1.43. The molecule has 0 aliphatic rings. The van der Waals surface area contributed by atoms with Crippen LogP contribution >= 0.6 is 0 Å². The summed E-state index contributed by atoms with van der Waals surface area (Å²) in [5.74, 6) is 2.63. The van der Waals surface area contributed by atoms with Gasteiger partial charge in [-0.05, 0) is 48.4 Å². The number of ether oxygens (including phenoxy) is 3. The smallest absolute Gasteiger partial charge is 0.251 e. The lowest BCUT2D eigenvalue weighted by atomic mass is 10.1. The molecule has 7 nitrogen and oxygen atoms in total. The van der Waals surface area contributed by atoms with Crippen LogP contribution in [0.4, 0.5) is 0 Å². The van der Waals surface area contributed by atoms with Crippen LogP contribution < -0.4 is 19.5 Å². The number of benzene rings is 3. The third kappa shape index (κ3) is 6.35. The fourth-order valence-corrected chi connectivity index (χ4v) is 3.36. The van der Waals surface area contributed by atoms with Gasteiger partial charge in [0.25, 0.3) is 5.91 Å². The second-order valence-corrected chi connectivity index (χ2v) is 7.73. The van der Waals surface area contributed by atoms with Crippen molar-refractivity contribution in [2.45, 2.75) is 19.9 Å². The van der Waals surface area contributed by atoms with Crippen LogP contribution in [0.15, 0.2) is 85.1 Å². The molecule has 178 valence electrons. The van der Waals surface area contributed by atoms with Crippen molar-refractivity contribution in [3.8, 4) is 34.5 Å². The fourth-order valence-electron chi connectivity index (χ4n) is 3.36. The van der Waals surface area contributed by atoms with E-state index in [4.69, 9.17) is 14.2 Å². The van der Waals surface area contributed by atoms with Gasteiger partial charge in [0.15, 0.2) is 17.3 Å². The van der Waals surface area contributed by atoms with E-state index in [9.17, 15) is 4.79 Å². The predicted molar refractivity (Wildman–Crippen MR) is 134 cm³/mol. The van der Waals surface area contributed by atoms with Crippen molar-refractivity contribution in [1.82, 2.24) is 15.3 Å². The van der Waals surface area contributed by atoms with Gasteiger partial charge in [0, 0.05) is 29.9 Å². The van der Waals surface area contributed by atoms with Crippen LogP contribution in [0.5, 0.6) is 23.1 Å². The zero-order valence-electron chi connectivity index (χ0n) is 19.7. The van der Waals surface area contributed by atoms with E-state index in [1.54, 1.807) is 43.6 Å². The van der Waals surface area contributed by atoms with E-state index in [-0.39, 0.29) is 5.91 Å². The van der Waals surface area contributed by atoms with E-state index in [1.165, 1.54) is 0 Å². The standard InChI is InChI=1S/C28H27N3O4/c1-3-17-34-23-13-11-20(12-14-23)19-30-28(32)22-8-6-7-21(18-22)27-29-16-15-26(31-27)35-25-10-5-4-9-24(25)33-2/h4-16,18H,3,17,19H2,1-2H3,(H,30,32). The summed E-state index contributed by atoms with van der Waals surface area (Å²) < 4.78 is 16.8. The molecule has 0 radical (unpaired) electrons. The van der Waals surface area contributed by atoms with Gasteiger partial charge in [0.1, 0.15) is 5.75 Å². The van der Waals surface area contributed by atoms with Gasteiger partial charge in [-0.1, -0.05) is 43.3 Å². The van der Waals surface area contributed by atoms with E-state index in [1.807, 2.05) is 48.5 Å². The molecule has 7 heteroatoms. The van der Waals surface area contributed by atoms with E-state index in [0.717, 1.165) is 17.7 Å². The molecular weight excluding hydrogens is 442 g/mol. The molecule has 0 atom stereocenters. The normalized spacial score (nSPS) is 10.5. The molecule has 0 aliphatic carbocycles. The summed E-state index contributed by atoms with van der Waals surface area (Å²) >= 11 is 0. The van der Waals surface area contributed by atoms with Gasteiger partial charge in [0.05, 0.1) is 13.7 Å². The maximum absolute atomic E-state index is 12.8. The molecule has 1 heterocycles. The highest BCUT2D eigenvalue weighted by Gasteiger charge is 2.11. The fraction of sp³-hybridized carbons (Fsp3) is 0.179. The van der Waals surface area contributed by atoms with Crippen molar-refractivity contribution in [3.05, 3.63) is 96.2 Å². The first-order chi connectivity index (χ1) is 17.2. The molecule has 0 spiro atoms. The topological polar surface area (TPSA) is 82.6 Å². The van der Waals surface area contributed by atoms with Gasteiger partial charge in [-0.25, -0.2) is 4.98 Å². The van der Waals surface area contributed by atoms with Crippen LogP contribution in [0.3, 0.4) is 0 Å². The maximum atomic E-state index is 12.8. The summed E-state index contributed by atoms with van der Waals surface area (Å²) in [5, 5.41) is 2.95. The number of carbonyl (C=O) groups excluding carboxylic acids is 1. The SMILES string of the molecule is CCCOc1ccc(CNC(=O)c2cccc(-c3nccc(Oc4ccccc4OC)n3)c2)cc1. The molecule has 4 aromatic rings. The molecule has 0 saturated carbocycles. The number of methoxy groups -OCH3 is 1. The van der Waals surface area contributed by atoms with Gasteiger partial charge in [0.2, 0.25) is 5.88 Å². The predicted octanol–water partition coefficient (Wildman–Crippen LogP) is 5.66. The maximum Gasteiger partial charge on any atom is 0.251 e. The average Bonchev–Trinajstić information content (AvgIpc) is 2.91. The number of rotatable bonds is 10. The summed E-state index contributed by atoms with van der Waals surface area (Å²) in [7, 11) is 1.58. The van der Waals surface area contributed by atoms with E-state index in [2.05, 4.69) is 22.2 Å². The van der Waals surface area contributed by atoms with Crippen molar-refractivity contribution in [1.29, 1.82) is 0 Å². The number of aromatic nitrogens is 2. The number of hydrogen-bond donors (Lipinski definition) is 1. The van der Waals surface area contributed by atoms with Gasteiger partial charge in [-0.15, -0.1) is 0 Å². The minimum atomic E-state index is -0.181. The molecule has 0 unspecified atom stereocenters. The first kappa shape index (κ1) is 23.8. The van der Waals surface area contributed by atoms with Crippen molar-refractivity contribution < 1.29 is 19.0 Å². The Labute approximate surface area is 204 Å². The Morgan fingerprint density at radius 1 is 0.943 bits per heavy atom.